The van der Waals surface area contributed by atoms with Gasteiger partial charge in [-0.05, 0) is 26.2 Å². The summed E-state index contributed by atoms with van der Waals surface area (Å²) in [6, 6.07) is 0. The first kappa shape index (κ1) is 15.6. The van der Waals surface area contributed by atoms with Gasteiger partial charge in [-0.15, -0.1) is 0 Å². The van der Waals surface area contributed by atoms with E-state index in [2.05, 4.69) is 32.6 Å². The van der Waals surface area contributed by atoms with Crippen LogP contribution in [0.15, 0.2) is 11.3 Å². The molecule has 0 bridgehead atoms. The Morgan fingerprint density at radius 3 is 2.19 bits per heavy atom. The minimum Gasteiger partial charge on any atom is -0.300 e. The van der Waals surface area contributed by atoms with Gasteiger partial charge in [-0.2, -0.15) is 0 Å². The molecule has 0 spiro atoms. The Morgan fingerprint density at radius 1 is 1.12 bits per heavy atom. The van der Waals surface area contributed by atoms with Crippen molar-refractivity contribution in [1.29, 1.82) is 0 Å². The highest BCUT2D eigenvalue weighted by molar-refractivity contribution is 6.83. The maximum Gasteiger partial charge on any atom is 0.130 e. The maximum atomic E-state index is 10.9. The average molecular weight is 240 g/mol. The van der Waals surface area contributed by atoms with Crippen LogP contribution in [-0.4, -0.2) is 13.9 Å². The summed E-state index contributed by atoms with van der Waals surface area (Å²) >= 11 is 0. The summed E-state index contributed by atoms with van der Waals surface area (Å²) in [5, 5.41) is 1.65. The number of carbonyl (C=O) groups is 1. The van der Waals surface area contributed by atoms with Gasteiger partial charge in [0.15, 0.2) is 0 Å². The summed E-state index contributed by atoms with van der Waals surface area (Å²) in [4.78, 5) is 10.9. The van der Waals surface area contributed by atoms with Crippen molar-refractivity contribution in [3.05, 3.63) is 11.3 Å². The van der Waals surface area contributed by atoms with Gasteiger partial charge in [0.05, 0.1) is 8.07 Å². The summed E-state index contributed by atoms with van der Waals surface area (Å²) in [7, 11) is -1.16. The molecular formula is C14H28OSi. The van der Waals surface area contributed by atoms with Crippen LogP contribution in [0.2, 0.25) is 19.6 Å². The van der Waals surface area contributed by atoms with Crippen molar-refractivity contribution in [2.45, 2.75) is 72.0 Å². The Morgan fingerprint density at radius 2 is 1.75 bits per heavy atom. The molecule has 1 nitrogen and oxygen atoms in total. The van der Waals surface area contributed by atoms with Gasteiger partial charge in [-0.25, -0.2) is 0 Å². The molecule has 0 heterocycles. The molecule has 0 unspecified atom stereocenters. The molecule has 0 saturated carbocycles. The zero-order valence-corrected chi connectivity index (χ0v) is 12.7. The lowest BCUT2D eigenvalue weighted by Crippen LogP contribution is -2.24. The Labute approximate surface area is 102 Å². The third kappa shape index (κ3) is 7.86. The lowest BCUT2D eigenvalue weighted by Gasteiger charge is -2.21. The largest absolute Gasteiger partial charge is 0.300 e. The van der Waals surface area contributed by atoms with Crippen molar-refractivity contribution < 1.29 is 4.79 Å². The first-order valence-corrected chi connectivity index (χ1v) is 10.1. The zero-order chi connectivity index (χ0) is 12.6. The number of hydrogen-bond donors (Lipinski definition) is 0. The van der Waals surface area contributed by atoms with E-state index in [0.29, 0.717) is 12.2 Å². The van der Waals surface area contributed by atoms with Crippen molar-refractivity contribution in [3.8, 4) is 0 Å². The molecule has 0 aliphatic heterocycles. The zero-order valence-electron chi connectivity index (χ0n) is 11.7. The van der Waals surface area contributed by atoms with Crippen molar-refractivity contribution in [1.82, 2.24) is 0 Å². The second-order valence-electron chi connectivity index (χ2n) is 5.68. The molecule has 0 aromatic heterocycles. The Kier molecular flexibility index (Phi) is 7.65. The molecular weight excluding hydrogens is 212 g/mol. The quantitative estimate of drug-likeness (QED) is 0.442. The Balaban J connectivity index is 4.25. The van der Waals surface area contributed by atoms with E-state index in [-0.39, 0.29) is 0 Å². The van der Waals surface area contributed by atoms with Crippen LogP contribution in [0, 0.1) is 0 Å². The second-order valence-corrected chi connectivity index (χ2v) is 10.8. The summed E-state index contributed by atoms with van der Waals surface area (Å²) < 4.78 is 0. The predicted octanol–water partition coefficient (Wildman–Crippen LogP) is 4.74. The molecule has 94 valence electrons. The van der Waals surface area contributed by atoms with Crippen LogP contribution in [0.1, 0.15) is 52.4 Å². The summed E-state index contributed by atoms with van der Waals surface area (Å²) in [5.41, 5.74) is 0. The van der Waals surface area contributed by atoms with Gasteiger partial charge in [0.25, 0.3) is 0 Å². The molecule has 0 radical (unpaired) electrons. The molecule has 0 atom stereocenters. The Bertz CT molecular complexity index is 236. The summed E-state index contributed by atoms with van der Waals surface area (Å²) in [6.07, 6.45) is 9.18. The van der Waals surface area contributed by atoms with Crippen LogP contribution in [0.5, 0.6) is 0 Å². The number of Topliss-reactive ketones (excluding diaryl/α,β-unsaturated/α-hetero) is 1. The van der Waals surface area contributed by atoms with Gasteiger partial charge >= 0.3 is 0 Å². The van der Waals surface area contributed by atoms with E-state index in [4.69, 9.17) is 0 Å². The fourth-order valence-electron chi connectivity index (χ4n) is 1.80. The fourth-order valence-corrected chi connectivity index (χ4v) is 3.48. The standard InChI is InChI=1S/C14H28OSi/c1-6-7-8-11-14(16(3,4)5)12-9-10-13(2)15/h12H,6-11H2,1-5H3/b14-12+. The second kappa shape index (κ2) is 7.83. The van der Waals surface area contributed by atoms with Gasteiger partial charge in [0.1, 0.15) is 5.78 Å². The monoisotopic (exact) mass is 240 g/mol. The summed E-state index contributed by atoms with van der Waals surface area (Å²) in [6.45, 7) is 11.1. The van der Waals surface area contributed by atoms with E-state index in [0.717, 1.165) is 6.42 Å². The van der Waals surface area contributed by atoms with Crippen LogP contribution < -0.4 is 0 Å². The van der Waals surface area contributed by atoms with E-state index in [1.54, 1.807) is 12.1 Å². The van der Waals surface area contributed by atoms with E-state index in [9.17, 15) is 4.79 Å². The molecule has 0 N–H and O–H groups in total. The fraction of sp³-hybridized carbons (Fsp3) is 0.786. The lowest BCUT2D eigenvalue weighted by atomic mass is 10.1. The highest BCUT2D eigenvalue weighted by Gasteiger charge is 2.18. The van der Waals surface area contributed by atoms with Crippen LogP contribution in [0.4, 0.5) is 0 Å². The van der Waals surface area contributed by atoms with Crippen LogP contribution >= 0.6 is 0 Å². The lowest BCUT2D eigenvalue weighted by molar-refractivity contribution is -0.116. The number of unbranched alkanes of at least 4 members (excludes halogenated alkanes) is 2. The summed E-state index contributed by atoms with van der Waals surface area (Å²) in [5.74, 6) is 0.305. The minimum atomic E-state index is -1.16. The van der Waals surface area contributed by atoms with Gasteiger partial charge < -0.3 is 4.79 Å². The number of ketones is 1. The van der Waals surface area contributed by atoms with Crippen molar-refractivity contribution >= 4 is 13.9 Å². The molecule has 0 aliphatic carbocycles. The third-order valence-corrected chi connectivity index (χ3v) is 5.28. The van der Waals surface area contributed by atoms with E-state index in [1.807, 2.05) is 0 Å². The van der Waals surface area contributed by atoms with Gasteiger partial charge in [-0.3, -0.25) is 0 Å². The first-order valence-electron chi connectivity index (χ1n) is 6.57. The van der Waals surface area contributed by atoms with Crippen LogP contribution in [-0.2, 0) is 4.79 Å². The first-order chi connectivity index (χ1) is 7.38. The van der Waals surface area contributed by atoms with Crippen molar-refractivity contribution in [2.24, 2.45) is 0 Å². The van der Waals surface area contributed by atoms with E-state index >= 15 is 0 Å². The third-order valence-electron chi connectivity index (χ3n) is 2.90. The van der Waals surface area contributed by atoms with Crippen molar-refractivity contribution in [2.75, 3.05) is 0 Å². The molecule has 0 saturated heterocycles. The van der Waals surface area contributed by atoms with Gasteiger partial charge in [0.2, 0.25) is 0 Å². The number of carbonyl (C=O) groups excluding carboxylic acids is 1. The minimum absolute atomic E-state index is 0.305. The van der Waals surface area contributed by atoms with Crippen LogP contribution in [0.25, 0.3) is 0 Å². The van der Waals surface area contributed by atoms with Gasteiger partial charge in [0, 0.05) is 6.42 Å². The van der Waals surface area contributed by atoms with Crippen molar-refractivity contribution in [3.63, 3.8) is 0 Å². The highest BCUT2D eigenvalue weighted by Crippen LogP contribution is 2.21. The molecule has 0 aliphatic rings. The van der Waals surface area contributed by atoms with E-state index < -0.39 is 8.07 Å². The number of allylic oxidation sites excluding steroid dienone is 2. The van der Waals surface area contributed by atoms with Crippen LogP contribution in [0.3, 0.4) is 0 Å². The molecule has 0 aromatic rings. The molecule has 16 heavy (non-hydrogen) atoms. The van der Waals surface area contributed by atoms with E-state index in [1.165, 1.54) is 25.7 Å². The maximum absolute atomic E-state index is 10.9. The molecule has 0 aromatic carbocycles. The predicted molar refractivity (Wildman–Crippen MR) is 75.5 cm³/mol. The molecule has 0 fully saturated rings. The SMILES string of the molecule is CCCCC/C(=C\CCC(C)=O)[Si](C)(C)C. The topological polar surface area (TPSA) is 17.1 Å². The highest BCUT2D eigenvalue weighted by atomic mass is 28.3. The molecule has 0 amide bonds. The van der Waals surface area contributed by atoms with Gasteiger partial charge in [-0.1, -0.05) is 50.7 Å². The number of rotatable bonds is 8. The normalized spacial score (nSPS) is 12.9. The molecule has 2 heteroatoms. The molecule has 0 rings (SSSR count). The smallest absolute Gasteiger partial charge is 0.130 e. The average Bonchev–Trinajstić information content (AvgIpc) is 2.13. The Hall–Kier alpha value is -0.373. The number of hydrogen-bond acceptors (Lipinski definition) is 1.